The molecule has 5 heteroatoms. The summed E-state index contributed by atoms with van der Waals surface area (Å²) in [6.07, 6.45) is 4.27. The third kappa shape index (κ3) is 4.16. The molecule has 2 aromatic rings. The molecule has 0 bridgehead atoms. The van der Waals surface area contributed by atoms with Gasteiger partial charge in [-0.1, -0.05) is 30.3 Å². The number of rotatable bonds is 7. The second kappa shape index (κ2) is 7.59. The summed E-state index contributed by atoms with van der Waals surface area (Å²) < 4.78 is 1.85. The van der Waals surface area contributed by atoms with Crippen LogP contribution in [-0.2, 0) is 13.0 Å². The first-order valence-electron chi connectivity index (χ1n) is 7.29. The standard InChI is InChI=1S/C16H22N4O/c1-2-20(10-8-14-6-4-3-5-7-14)16(21)15-12-19(11-9-17)13-18-15/h3-7,12-13H,2,8-11,17H2,1H3. The lowest BCUT2D eigenvalue weighted by atomic mass is 10.1. The maximum atomic E-state index is 12.4. The van der Waals surface area contributed by atoms with Gasteiger partial charge in [0.25, 0.3) is 5.91 Å². The van der Waals surface area contributed by atoms with Crippen molar-refractivity contribution in [1.29, 1.82) is 0 Å². The number of nitrogens with zero attached hydrogens (tertiary/aromatic N) is 3. The van der Waals surface area contributed by atoms with Crippen molar-refractivity contribution in [2.75, 3.05) is 19.6 Å². The summed E-state index contributed by atoms with van der Waals surface area (Å²) in [5.74, 6) is -0.0239. The normalized spacial score (nSPS) is 10.6. The summed E-state index contributed by atoms with van der Waals surface area (Å²) in [7, 11) is 0. The van der Waals surface area contributed by atoms with Crippen molar-refractivity contribution in [2.24, 2.45) is 5.73 Å². The van der Waals surface area contributed by atoms with Gasteiger partial charge in [0, 0.05) is 32.4 Å². The molecule has 0 atom stereocenters. The van der Waals surface area contributed by atoms with Crippen molar-refractivity contribution in [3.63, 3.8) is 0 Å². The number of carbonyl (C=O) groups is 1. The molecular formula is C16H22N4O. The molecule has 0 fully saturated rings. The Labute approximate surface area is 125 Å². The van der Waals surface area contributed by atoms with Gasteiger partial charge in [-0.25, -0.2) is 4.98 Å². The summed E-state index contributed by atoms with van der Waals surface area (Å²) in [6, 6.07) is 10.2. The first-order valence-corrected chi connectivity index (χ1v) is 7.29. The summed E-state index contributed by atoms with van der Waals surface area (Å²) in [4.78, 5) is 18.4. The van der Waals surface area contributed by atoms with Crippen LogP contribution in [-0.4, -0.2) is 40.0 Å². The maximum absolute atomic E-state index is 12.4. The number of imidazole rings is 1. The van der Waals surface area contributed by atoms with E-state index in [1.165, 1.54) is 5.56 Å². The van der Waals surface area contributed by atoms with Crippen molar-refractivity contribution in [3.8, 4) is 0 Å². The van der Waals surface area contributed by atoms with E-state index in [0.29, 0.717) is 31.9 Å². The first-order chi connectivity index (χ1) is 10.2. The Morgan fingerprint density at radius 2 is 2.10 bits per heavy atom. The van der Waals surface area contributed by atoms with E-state index < -0.39 is 0 Å². The Kier molecular flexibility index (Phi) is 5.51. The molecular weight excluding hydrogens is 264 g/mol. The van der Waals surface area contributed by atoms with E-state index in [-0.39, 0.29) is 5.91 Å². The molecule has 0 saturated heterocycles. The number of likely N-dealkylation sites (N-methyl/N-ethyl adjacent to an activating group) is 1. The zero-order chi connectivity index (χ0) is 15.1. The highest BCUT2D eigenvalue weighted by atomic mass is 16.2. The molecule has 1 amide bonds. The Morgan fingerprint density at radius 1 is 1.33 bits per heavy atom. The quantitative estimate of drug-likeness (QED) is 0.840. The van der Waals surface area contributed by atoms with Gasteiger partial charge in [0.2, 0.25) is 0 Å². The number of hydrogen-bond donors (Lipinski definition) is 1. The Bertz CT molecular complexity index is 565. The van der Waals surface area contributed by atoms with Gasteiger partial charge in [-0.05, 0) is 18.9 Å². The second-order valence-electron chi connectivity index (χ2n) is 4.91. The van der Waals surface area contributed by atoms with E-state index in [4.69, 9.17) is 5.73 Å². The lowest BCUT2D eigenvalue weighted by Crippen LogP contribution is -2.33. The molecule has 0 spiro atoms. The molecule has 1 aromatic heterocycles. The molecule has 112 valence electrons. The molecule has 0 saturated carbocycles. The van der Waals surface area contributed by atoms with Gasteiger partial charge >= 0.3 is 0 Å². The average molecular weight is 286 g/mol. The second-order valence-corrected chi connectivity index (χ2v) is 4.91. The van der Waals surface area contributed by atoms with E-state index in [9.17, 15) is 4.79 Å². The van der Waals surface area contributed by atoms with E-state index >= 15 is 0 Å². The molecule has 1 heterocycles. The summed E-state index contributed by atoms with van der Waals surface area (Å²) in [6.45, 7) is 4.57. The van der Waals surface area contributed by atoms with E-state index in [0.717, 1.165) is 6.42 Å². The Balaban J connectivity index is 1.97. The van der Waals surface area contributed by atoms with E-state index in [1.54, 1.807) is 12.5 Å². The third-order valence-corrected chi connectivity index (χ3v) is 3.42. The number of nitrogens with two attached hydrogens (primary N) is 1. The predicted octanol–water partition coefficient (Wildman–Crippen LogP) is 1.55. The van der Waals surface area contributed by atoms with Gasteiger partial charge in [0.15, 0.2) is 0 Å². The maximum Gasteiger partial charge on any atom is 0.274 e. The van der Waals surface area contributed by atoms with Gasteiger partial charge in [-0.2, -0.15) is 0 Å². The molecule has 1 aromatic carbocycles. The molecule has 5 nitrogen and oxygen atoms in total. The monoisotopic (exact) mass is 286 g/mol. The average Bonchev–Trinajstić information content (AvgIpc) is 2.98. The molecule has 0 radical (unpaired) electrons. The Hall–Kier alpha value is -2.14. The zero-order valence-electron chi connectivity index (χ0n) is 12.4. The van der Waals surface area contributed by atoms with Crippen molar-refractivity contribution in [3.05, 3.63) is 54.1 Å². The molecule has 0 aliphatic carbocycles. The topological polar surface area (TPSA) is 64.2 Å². The molecule has 0 aliphatic heterocycles. The zero-order valence-corrected chi connectivity index (χ0v) is 12.4. The fourth-order valence-electron chi connectivity index (χ4n) is 2.22. The Morgan fingerprint density at radius 3 is 2.76 bits per heavy atom. The van der Waals surface area contributed by atoms with Crippen molar-refractivity contribution < 1.29 is 4.79 Å². The van der Waals surface area contributed by atoms with Gasteiger partial charge in [0.1, 0.15) is 5.69 Å². The third-order valence-electron chi connectivity index (χ3n) is 3.42. The summed E-state index contributed by atoms with van der Waals surface area (Å²) in [5, 5.41) is 0. The molecule has 0 unspecified atom stereocenters. The van der Waals surface area contributed by atoms with Crippen LogP contribution in [0.4, 0.5) is 0 Å². The van der Waals surface area contributed by atoms with Gasteiger partial charge in [0.05, 0.1) is 6.33 Å². The fourth-order valence-corrected chi connectivity index (χ4v) is 2.22. The summed E-state index contributed by atoms with van der Waals surface area (Å²) in [5.41, 5.74) is 7.22. The largest absolute Gasteiger partial charge is 0.337 e. The fraction of sp³-hybridized carbons (Fsp3) is 0.375. The van der Waals surface area contributed by atoms with E-state index in [1.807, 2.05) is 34.6 Å². The van der Waals surface area contributed by atoms with Crippen molar-refractivity contribution in [2.45, 2.75) is 19.9 Å². The SMILES string of the molecule is CCN(CCc1ccccc1)C(=O)c1cn(CCN)cn1. The minimum Gasteiger partial charge on any atom is -0.337 e. The number of amides is 1. The highest BCUT2D eigenvalue weighted by Crippen LogP contribution is 2.06. The van der Waals surface area contributed by atoms with Crippen LogP contribution in [0.15, 0.2) is 42.9 Å². The summed E-state index contributed by atoms with van der Waals surface area (Å²) >= 11 is 0. The van der Waals surface area contributed by atoms with Crippen LogP contribution in [0.25, 0.3) is 0 Å². The van der Waals surface area contributed by atoms with Crippen LogP contribution in [0.3, 0.4) is 0 Å². The lowest BCUT2D eigenvalue weighted by molar-refractivity contribution is 0.0760. The number of benzene rings is 1. The minimum atomic E-state index is -0.0239. The highest BCUT2D eigenvalue weighted by molar-refractivity contribution is 5.92. The predicted molar refractivity (Wildman–Crippen MR) is 83.0 cm³/mol. The van der Waals surface area contributed by atoms with Crippen LogP contribution in [0, 0.1) is 0 Å². The van der Waals surface area contributed by atoms with Crippen LogP contribution >= 0.6 is 0 Å². The van der Waals surface area contributed by atoms with Gasteiger partial charge in [-0.15, -0.1) is 0 Å². The van der Waals surface area contributed by atoms with E-state index in [2.05, 4.69) is 17.1 Å². The van der Waals surface area contributed by atoms with Crippen LogP contribution < -0.4 is 5.73 Å². The first kappa shape index (κ1) is 15.3. The van der Waals surface area contributed by atoms with Crippen LogP contribution in [0.2, 0.25) is 0 Å². The smallest absolute Gasteiger partial charge is 0.274 e. The van der Waals surface area contributed by atoms with Gasteiger partial charge in [-0.3, -0.25) is 4.79 Å². The number of aromatic nitrogens is 2. The minimum absolute atomic E-state index is 0.0239. The van der Waals surface area contributed by atoms with Gasteiger partial charge < -0.3 is 15.2 Å². The van der Waals surface area contributed by atoms with Crippen molar-refractivity contribution in [1.82, 2.24) is 14.5 Å². The van der Waals surface area contributed by atoms with Crippen LogP contribution in [0.5, 0.6) is 0 Å². The molecule has 0 aliphatic rings. The molecule has 21 heavy (non-hydrogen) atoms. The van der Waals surface area contributed by atoms with Crippen LogP contribution in [0.1, 0.15) is 23.0 Å². The molecule has 2 rings (SSSR count). The lowest BCUT2D eigenvalue weighted by Gasteiger charge is -2.19. The number of carbonyl (C=O) groups excluding carboxylic acids is 1. The molecule has 2 N–H and O–H groups in total. The van der Waals surface area contributed by atoms with Crippen molar-refractivity contribution >= 4 is 5.91 Å². The number of hydrogen-bond acceptors (Lipinski definition) is 3. The highest BCUT2D eigenvalue weighted by Gasteiger charge is 2.16.